The average Bonchev–Trinajstić information content (AvgIpc) is 3.40. The number of esters is 1. The zero-order valence-electron chi connectivity index (χ0n) is 31.0. The molecule has 4 aliphatic carbocycles. The molecule has 8 nitrogen and oxygen atoms in total. The van der Waals surface area contributed by atoms with Crippen LogP contribution < -0.4 is 0 Å². The molecule has 0 spiro atoms. The first-order valence-corrected chi connectivity index (χ1v) is 19.0. The van der Waals surface area contributed by atoms with Gasteiger partial charge < -0.3 is 28.4 Å². The number of hydrogen-bond donors (Lipinski definition) is 0. The number of carbonyl (C=O) groups excluding carboxylic acids is 2. The van der Waals surface area contributed by atoms with E-state index in [1.807, 2.05) is 0 Å². The first-order valence-electron chi connectivity index (χ1n) is 19.0. The fourth-order valence-corrected chi connectivity index (χ4v) is 9.97. The maximum absolute atomic E-state index is 12.5. The minimum absolute atomic E-state index is 0.112. The minimum Gasteiger partial charge on any atom is -0.460 e. The van der Waals surface area contributed by atoms with Crippen LogP contribution in [0.25, 0.3) is 0 Å². The van der Waals surface area contributed by atoms with E-state index >= 15 is 0 Å². The van der Waals surface area contributed by atoms with Crippen molar-refractivity contribution in [2.45, 2.75) is 118 Å². The van der Waals surface area contributed by atoms with Crippen molar-refractivity contribution in [3.05, 3.63) is 23.8 Å². The quantitative estimate of drug-likeness (QED) is 0.0582. The molecule has 8 atom stereocenters. The Hall–Kier alpha value is -1.90. The summed E-state index contributed by atoms with van der Waals surface area (Å²) in [5.74, 6) is 4.52. The van der Waals surface area contributed by atoms with Crippen molar-refractivity contribution < 1.29 is 38.0 Å². The average molecular weight is 675 g/mol. The highest BCUT2D eigenvalue weighted by molar-refractivity contribution is 5.86. The summed E-state index contributed by atoms with van der Waals surface area (Å²) in [7, 11) is 0. The van der Waals surface area contributed by atoms with Crippen molar-refractivity contribution in [1.29, 1.82) is 0 Å². The second kappa shape index (κ2) is 18.4. The topological polar surface area (TPSA) is 89.5 Å². The van der Waals surface area contributed by atoms with Crippen LogP contribution in [0.4, 0.5) is 4.79 Å². The zero-order valence-corrected chi connectivity index (χ0v) is 31.0. The van der Waals surface area contributed by atoms with Gasteiger partial charge in [0.25, 0.3) is 0 Å². The third kappa shape index (κ3) is 10.1. The summed E-state index contributed by atoms with van der Waals surface area (Å²) in [4.78, 5) is 23.8. The molecule has 4 aliphatic rings. The van der Waals surface area contributed by atoms with Gasteiger partial charge in [0.15, 0.2) is 0 Å². The molecule has 274 valence electrons. The third-order valence-corrected chi connectivity index (χ3v) is 12.5. The second-order valence-electron chi connectivity index (χ2n) is 16.1. The molecule has 3 fully saturated rings. The maximum atomic E-state index is 12.5. The van der Waals surface area contributed by atoms with E-state index in [1.165, 1.54) is 56.9 Å². The fourth-order valence-electron chi connectivity index (χ4n) is 9.97. The van der Waals surface area contributed by atoms with Gasteiger partial charge in [-0.2, -0.15) is 0 Å². The molecule has 0 unspecified atom stereocenters. The maximum Gasteiger partial charge on any atom is 0.508 e. The summed E-state index contributed by atoms with van der Waals surface area (Å²) < 4.78 is 32.4. The van der Waals surface area contributed by atoms with Crippen molar-refractivity contribution in [2.24, 2.45) is 46.3 Å². The van der Waals surface area contributed by atoms with E-state index in [-0.39, 0.29) is 31.3 Å². The molecular formula is C40H66O8. The van der Waals surface area contributed by atoms with Crippen LogP contribution in [0.5, 0.6) is 0 Å². The van der Waals surface area contributed by atoms with Gasteiger partial charge in [-0.05, 0) is 98.2 Å². The van der Waals surface area contributed by atoms with Gasteiger partial charge in [0, 0.05) is 12.0 Å². The number of allylic oxidation sites excluding steroid dienone is 1. The van der Waals surface area contributed by atoms with E-state index in [0.717, 1.165) is 54.8 Å². The molecule has 4 rings (SSSR count). The van der Waals surface area contributed by atoms with Gasteiger partial charge in [0.1, 0.15) is 19.3 Å². The first kappa shape index (κ1) is 38.9. The van der Waals surface area contributed by atoms with Crippen molar-refractivity contribution in [3.8, 4) is 0 Å². The molecular weight excluding hydrogens is 608 g/mol. The highest BCUT2D eigenvalue weighted by atomic mass is 16.7. The summed E-state index contributed by atoms with van der Waals surface area (Å²) in [5, 5.41) is 0. The van der Waals surface area contributed by atoms with Crippen LogP contribution in [-0.4, -0.2) is 71.1 Å². The third-order valence-electron chi connectivity index (χ3n) is 12.5. The van der Waals surface area contributed by atoms with Crippen LogP contribution in [-0.2, 0) is 33.2 Å². The van der Waals surface area contributed by atoms with E-state index < -0.39 is 12.1 Å². The Morgan fingerprint density at radius 3 is 2.12 bits per heavy atom. The Morgan fingerprint density at radius 2 is 1.48 bits per heavy atom. The van der Waals surface area contributed by atoms with Crippen LogP contribution >= 0.6 is 0 Å². The number of rotatable bonds is 19. The van der Waals surface area contributed by atoms with Crippen molar-refractivity contribution in [3.63, 3.8) is 0 Å². The van der Waals surface area contributed by atoms with E-state index in [4.69, 9.17) is 28.4 Å². The van der Waals surface area contributed by atoms with E-state index in [2.05, 4.69) is 47.3 Å². The number of carbonyl (C=O) groups is 2. The van der Waals surface area contributed by atoms with Gasteiger partial charge in [0.2, 0.25) is 0 Å². The second-order valence-corrected chi connectivity index (χ2v) is 16.1. The SMILES string of the molecule is C=C(C)C(=O)OCCOCCOCCOCCOC(=O)O[C@H]1CC[C@@]2(C)C(=CC[C@H]3[C@@H]4CC[C@H]([C@H](C)CCCC(C)C)[C@@]4(C)CC[C@@H]32)C1. The van der Waals surface area contributed by atoms with Gasteiger partial charge in [-0.15, -0.1) is 0 Å². The van der Waals surface area contributed by atoms with Crippen molar-refractivity contribution >= 4 is 12.1 Å². The first-order chi connectivity index (χ1) is 23.0. The molecule has 0 aromatic rings. The predicted molar refractivity (Wildman–Crippen MR) is 187 cm³/mol. The highest BCUT2D eigenvalue weighted by Crippen LogP contribution is 2.67. The molecule has 3 saturated carbocycles. The van der Waals surface area contributed by atoms with E-state index in [9.17, 15) is 9.59 Å². The smallest absolute Gasteiger partial charge is 0.460 e. The fraction of sp³-hybridized carbons (Fsp3) is 0.850. The lowest BCUT2D eigenvalue weighted by atomic mass is 9.47. The Bertz CT molecular complexity index is 1090. The standard InChI is InChI=1S/C40H66O8/c1-28(2)9-8-10-30(5)34-13-14-35-33-12-11-31-27-32(15-17-39(31,6)36(33)16-18-40(34,35)7)48-38(42)47-26-24-45-22-20-43-19-21-44-23-25-46-37(41)29(3)4/h11,28,30,32-36H,3,8-10,12-27H2,1-2,4-7H3/t30-,32+,33+,34-,35+,36+,39+,40-/m1/s1. The van der Waals surface area contributed by atoms with Crippen molar-refractivity contribution in [2.75, 3.05) is 52.9 Å². The lowest BCUT2D eigenvalue weighted by molar-refractivity contribution is -0.140. The zero-order chi connectivity index (χ0) is 34.7. The molecule has 0 saturated heterocycles. The van der Waals surface area contributed by atoms with Gasteiger partial charge in [0.05, 0.1) is 39.6 Å². The molecule has 48 heavy (non-hydrogen) atoms. The Morgan fingerprint density at radius 1 is 0.833 bits per heavy atom. The number of hydrogen-bond acceptors (Lipinski definition) is 8. The Balaban J connectivity index is 1.10. The molecule has 0 amide bonds. The van der Waals surface area contributed by atoms with Crippen LogP contribution in [0, 0.1) is 46.3 Å². The largest absolute Gasteiger partial charge is 0.508 e. The van der Waals surface area contributed by atoms with Crippen LogP contribution in [0.3, 0.4) is 0 Å². The summed E-state index contributed by atoms with van der Waals surface area (Å²) in [5.41, 5.74) is 2.62. The van der Waals surface area contributed by atoms with Crippen LogP contribution in [0.15, 0.2) is 23.8 Å². The highest BCUT2D eigenvalue weighted by Gasteiger charge is 2.59. The minimum atomic E-state index is -0.600. The Labute approximate surface area is 291 Å². The lowest BCUT2D eigenvalue weighted by Crippen LogP contribution is -2.51. The van der Waals surface area contributed by atoms with Crippen molar-refractivity contribution in [1.82, 2.24) is 0 Å². The van der Waals surface area contributed by atoms with E-state index in [0.29, 0.717) is 44.0 Å². The molecule has 0 N–H and O–H groups in total. The molecule has 0 aromatic heterocycles. The molecule has 0 aromatic carbocycles. The number of fused-ring (bicyclic) bond motifs is 5. The molecule has 0 radical (unpaired) electrons. The van der Waals surface area contributed by atoms with E-state index in [1.54, 1.807) is 6.92 Å². The summed E-state index contributed by atoms with van der Waals surface area (Å²) in [6, 6.07) is 0. The normalized spacial score (nSPS) is 31.6. The lowest BCUT2D eigenvalue weighted by Gasteiger charge is -2.58. The molecule has 0 aliphatic heterocycles. The van der Waals surface area contributed by atoms with Gasteiger partial charge >= 0.3 is 12.1 Å². The Kier molecular flexibility index (Phi) is 14.9. The monoisotopic (exact) mass is 674 g/mol. The molecule has 0 heterocycles. The van der Waals surface area contributed by atoms with Gasteiger partial charge in [-0.3, -0.25) is 0 Å². The van der Waals surface area contributed by atoms with Gasteiger partial charge in [-0.25, -0.2) is 9.59 Å². The summed E-state index contributed by atoms with van der Waals surface area (Å²) >= 11 is 0. The number of ether oxygens (including phenoxy) is 6. The van der Waals surface area contributed by atoms with Crippen LogP contribution in [0.2, 0.25) is 0 Å². The summed E-state index contributed by atoms with van der Waals surface area (Å²) in [6.07, 6.45) is 15.6. The molecule has 0 bridgehead atoms. The van der Waals surface area contributed by atoms with Crippen LogP contribution in [0.1, 0.15) is 112 Å². The summed E-state index contributed by atoms with van der Waals surface area (Å²) in [6.45, 7) is 20.1. The molecule has 8 heteroatoms. The van der Waals surface area contributed by atoms with Gasteiger partial charge in [-0.1, -0.05) is 72.1 Å². The predicted octanol–water partition coefficient (Wildman–Crippen LogP) is 8.72.